The van der Waals surface area contributed by atoms with Gasteiger partial charge >= 0.3 is 0 Å². The number of carbonyl (C=O) groups is 2. The van der Waals surface area contributed by atoms with E-state index in [0.29, 0.717) is 24.4 Å². The van der Waals surface area contributed by atoms with Crippen LogP contribution in [0.4, 0.5) is 5.69 Å². The molecule has 0 unspecified atom stereocenters. The van der Waals surface area contributed by atoms with E-state index in [1.165, 1.54) is 0 Å². The molecule has 2 amide bonds. The van der Waals surface area contributed by atoms with Gasteiger partial charge in [-0.2, -0.15) is 0 Å². The van der Waals surface area contributed by atoms with E-state index in [9.17, 15) is 9.59 Å². The van der Waals surface area contributed by atoms with Crippen LogP contribution in [0, 0.1) is 5.92 Å². The number of benzene rings is 1. The first-order valence-corrected chi connectivity index (χ1v) is 9.09. The van der Waals surface area contributed by atoms with Crippen molar-refractivity contribution in [3.05, 3.63) is 23.8 Å². The lowest BCUT2D eigenvalue weighted by Gasteiger charge is -2.24. The van der Waals surface area contributed by atoms with Gasteiger partial charge in [-0.1, -0.05) is 0 Å². The van der Waals surface area contributed by atoms with E-state index >= 15 is 0 Å². The predicted octanol–water partition coefficient (Wildman–Crippen LogP) is 2.62. The van der Waals surface area contributed by atoms with Crippen molar-refractivity contribution in [3.8, 4) is 0 Å². The second-order valence-corrected chi connectivity index (χ2v) is 7.07. The molecule has 1 aromatic rings. The van der Waals surface area contributed by atoms with Crippen LogP contribution in [0.1, 0.15) is 30.1 Å². The number of nitrogens with one attached hydrogen (secondary N) is 1. The van der Waals surface area contributed by atoms with Gasteiger partial charge in [0.1, 0.15) is 0 Å². The van der Waals surface area contributed by atoms with E-state index in [4.69, 9.17) is 4.74 Å². The summed E-state index contributed by atoms with van der Waals surface area (Å²) >= 11 is 1.65. The van der Waals surface area contributed by atoms with Crippen LogP contribution in [0.15, 0.2) is 23.1 Å². The topological polar surface area (TPSA) is 58.6 Å². The Hall–Kier alpha value is -1.53. The molecule has 5 nitrogen and oxygen atoms in total. The number of ether oxygens (including phenoxy) is 1. The molecule has 1 fully saturated rings. The fourth-order valence-electron chi connectivity index (χ4n) is 2.93. The Morgan fingerprint density at radius 2 is 2.35 bits per heavy atom. The zero-order chi connectivity index (χ0) is 16.2. The largest absolute Gasteiger partial charge is 0.381 e. The Morgan fingerprint density at radius 1 is 1.48 bits per heavy atom. The molecule has 1 N–H and O–H groups in total. The fraction of sp³-hybridized carbons (Fsp3) is 0.529. The number of anilines is 1. The van der Waals surface area contributed by atoms with Crippen molar-refractivity contribution in [3.63, 3.8) is 0 Å². The predicted molar refractivity (Wildman–Crippen MR) is 90.9 cm³/mol. The Morgan fingerprint density at radius 3 is 3.09 bits per heavy atom. The van der Waals surface area contributed by atoms with Crippen LogP contribution >= 0.6 is 11.8 Å². The second-order valence-electron chi connectivity index (χ2n) is 5.93. The summed E-state index contributed by atoms with van der Waals surface area (Å²) < 4.78 is 5.40. The van der Waals surface area contributed by atoms with Crippen LogP contribution in [0.5, 0.6) is 0 Å². The van der Waals surface area contributed by atoms with Crippen LogP contribution in [0.2, 0.25) is 0 Å². The first-order chi connectivity index (χ1) is 11.2. The summed E-state index contributed by atoms with van der Waals surface area (Å²) in [5.41, 5.74) is 1.39. The molecule has 2 heterocycles. The zero-order valence-corrected chi connectivity index (χ0v) is 14.2. The molecule has 1 atom stereocenters. The minimum Gasteiger partial charge on any atom is -0.381 e. The van der Waals surface area contributed by atoms with Crippen molar-refractivity contribution in [1.82, 2.24) is 4.90 Å². The first kappa shape index (κ1) is 16.3. The summed E-state index contributed by atoms with van der Waals surface area (Å²) in [5, 5.41) is 2.90. The van der Waals surface area contributed by atoms with Gasteiger partial charge < -0.3 is 15.0 Å². The lowest BCUT2D eigenvalue weighted by molar-refractivity contribution is -0.115. The Balaban J connectivity index is 1.76. The van der Waals surface area contributed by atoms with Crippen LogP contribution in [0.25, 0.3) is 0 Å². The number of hydrogen-bond donors (Lipinski definition) is 1. The van der Waals surface area contributed by atoms with Crippen molar-refractivity contribution in [2.75, 3.05) is 37.4 Å². The summed E-state index contributed by atoms with van der Waals surface area (Å²) in [6.45, 7) is 4.93. The quantitative estimate of drug-likeness (QED) is 0.919. The molecule has 0 aromatic heterocycles. The number of rotatable bonds is 4. The van der Waals surface area contributed by atoms with Gasteiger partial charge in [-0.25, -0.2) is 0 Å². The van der Waals surface area contributed by atoms with Crippen molar-refractivity contribution < 1.29 is 14.3 Å². The number of carbonyl (C=O) groups excluding carboxylic acids is 2. The summed E-state index contributed by atoms with van der Waals surface area (Å²) in [5.74, 6) is 1.23. The number of fused-ring (bicyclic) bond motifs is 1. The van der Waals surface area contributed by atoms with Crippen LogP contribution in [-0.4, -0.2) is 48.8 Å². The smallest absolute Gasteiger partial charge is 0.253 e. The second kappa shape index (κ2) is 7.36. The van der Waals surface area contributed by atoms with Gasteiger partial charge in [0.15, 0.2) is 0 Å². The van der Waals surface area contributed by atoms with Crippen molar-refractivity contribution >= 4 is 29.3 Å². The normalized spacial score (nSPS) is 20.6. The highest BCUT2D eigenvalue weighted by molar-refractivity contribution is 7.99. The molecular weight excluding hydrogens is 312 g/mol. The van der Waals surface area contributed by atoms with E-state index in [2.05, 4.69) is 5.32 Å². The average Bonchev–Trinajstić information content (AvgIpc) is 2.99. The van der Waals surface area contributed by atoms with Crippen molar-refractivity contribution in [2.24, 2.45) is 5.92 Å². The standard InChI is InChI=1S/C17H22N2O3S/c1-2-19(10-12-5-7-22-11-12)17(21)13-3-4-15-14(9-13)18-16(20)6-8-23-15/h3-4,9,12H,2,5-8,10-11H2,1H3,(H,18,20)/t12-/m0/s1. The highest BCUT2D eigenvalue weighted by Crippen LogP contribution is 2.31. The zero-order valence-electron chi connectivity index (χ0n) is 13.3. The molecule has 0 aliphatic carbocycles. The minimum atomic E-state index is 0.0105. The third kappa shape index (κ3) is 3.87. The van der Waals surface area contributed by atoms with Gasteiger partial charge in [-0.05, 0) is 31.5 Å². The minimum absolute atomic E-state index is 0.0105. The molecule has 3 rings (SSSR count). The van der Waals surface area contributed by atoms with Crippen LogP contribution in [-0.2, 0) is 9.53 Å². The Kier molecular flexibility index (Phi) is 5.23. The molecular formula is C17H22N2O3S. The van der Waals surface area contributed by atoms with E-state index in [-0.39, 0.29) is 11.8 Å². The summed E-state index contributed by atoms with van der Waals surface area (Å²) in [4.78, 5) is 27.4. The maximum absolute atomic E-state index is 12.8. The fourth-order valence-corrected chi connectivity index (χ4v) is 3.87. The van der Waals surface area contributed by atoms with E-state index < -0.39 is 0 Å². The first-order valence-electron chi connectivity index (χ1n) is 8.11. The summed E-state index contributed by atoms with van der Waals surface area (Å²) in [6, 6.07) is 5.60. The molecule has 0 spiro atoms. The summed E-state index contributed by atoms with van der Waals surface area (Å²) in [6.07, 6.45) is 1.52. The number of hydrogen-bond acceptors (Lipinski definition) is 4. The third-order valence-corrected chi connectivity index (χ3v) is 5.33. The average molecular weight is 334 g/mol. The Bertz CT molecular complexity index is 600. The highest BCUT2D eigenvalue weighted by Gasteiger charge is 2.23. The molecule has 6 heteroatoms. The molecule has 124 valence electrons. The molecule has 0 radical (unpaired) electrons. The van der Waals surface area contributed by atoms with E-state index in [1.807, 2.05) is 30.0 Å². The number of thioether (sulfide) groups is 1. The lowest BCUT2D eigenvalue weighted by Crippen LogP contribution is -2.35. The van der Waals surface area contributed by atoms with E-state index in [1.54, 1.807) is 11.8 Å². The highest BCUT2D eigenvalue weighted by atomic mass is 32.2. The molecule has 2 aliphatic heterocycles. The monoisotopic (exact) mass is 334 g/mol. The van der Waals surface area contributed by atoms with Crippen LogP contribution < -0.4 is 5.32 Å². The molecule has 2 aliphatic rings. The Labute approximate surface area is 140 Å². The van der Waals surface area contributed by atoms with Gasteiger partial charge in [0.2, 0.25) is 5.91 Å². The number of amides is 2. The molecule has 23 heavy (non-hydrogen) atoms. The van der Waals surface area contributed by atoms with Gasteiger partial charge in [0, 0.05) is 48.2 Å². The van der Waals surface area contributed by atoms with Gasteiger partial charge in [-0.3, -0.25) is 9.59 Å². The summed E-state index contributed by atoms with van der Waals surface area (Å²) in [7, 11) is 0. The molecule has 1 aromatic carbocycles. The third-order valence-electron chi connectivity index (χ3n) is 4.26. The SMILES string of the molecule is CCN(C[C@@H]1CCOC1)C(=O)c1ccc2c(c1)NC(=O)CCS2. The molecule has 0 bridgehead atoms. The van der Waals surface area contributed by atoms with Gasteiger partial charge in [0.25, 0.3) is 5.91 Å². The maximum Gasteiger partial charge on any atom is 0.253 e. The van der Waals surface area contributed by atoms with Crippen LogP contribution in [0.3, 0.4) is 0 Å². The molecule has 0 saturated carbocycles. The van der Waals surface area contributed by atoms with Gasteiger partial charge in [-0.15, -0.1) is 11.8 Å². The lowest BCUT2D eigenvalue weighted by atomic mass is 10.1. The number of nitrogens with zero attached hydrogens (tertiary/aromatic N) is 1. The van der Waals surface area contributed by atoms with E-state index in [0.717, 1.165) is 42.5 Å². The molecule has 1 saturated heterocycles. The maximum atomic E-state index is 12.8. The van der Waals surface area contributed by atoms with Gasteiger partial charge in [0.05, 0.1) is 12.3 Å². The van der Waals surface area contributed by atoms with Crippen molar-refractivity contribution in [2.45, 2.75) is 24.7 Å². The van der Waals surface area contributed by atoms with Crippen molar-refractivity contribution in [1.29, 1.82) is 0 Å².